The molecular formula is C27H27F2N9O. The second-order valence-corrected chi connectivity index (χ2v) is 9.52. The highest BCUT2D eigenvalue weighted by molar-refractivity contribution is 5.87. The van der Waals surface area contributed by atoms with E-state index >= 15 is 0 Å². The summed E-state index contributed by atoms with van der Waals surface area (Å²) in [6.45, 7) is 3.98. The maximum Gasteiger partial charge on any atom is 0.251 e. The van der Waals surface area contributed by atoms with Gasteiger partial charge in [-0.1, -0.05) is 0 Å². The smallest absolute Gasteiger partial charge is 0.251 e. The molecule has 0 bridgehead atoms. The zero-order chi connectivity index (χ0) is 26.9. The largest absolute Gasteiger partial charge is 0.457 e. The highest BCUT2D eigenvalue weighted by atomic mass is 19.3. The second kappa shape index (κ2) is 10.4. The topological polar surface area (TPSA) is 97.1 Å². The molecule has 0 aliphatic carbocycles. The third-order valence-electron chi connectivity index (χ3n) is 6.78. The molecule has 0 saturated carbocycles. The first kappa shape index (κ1) is 24.9. The van der Waals surface area contributed by atoms with Gasteiger partial charge in [0.1, 0.15) is 28.9 Å². The van der Waals surface area contributed by atoms with Crippen molar-refractivity contribution in [3.63, 3.8) is 0 Å². The maximum absolute atomic E-state index is 12.7. The van der Waals surface area contributed by atoms with Crippen LogP contribution in [-0.2, 0) is 7.05 Å². The molecule has 2 aromatic carbocycles. The fourth-order valence-corrected chi connectivity index (χ4v) is 4.70. The van der Waals surface area contributed by atoms with Crippen LogP contribution < -0.4 is 15.0 Å². The molecule has 0 radical (unpaired) electrons. The van der Waals surface area contributed by atoms with Crippen LogP contribution in [0.4, 0.5) is 26.2 Å². The molecule has 0 atom stereocenters. The van der Waals surface area contributed by atoms with Crippen molar-refractivity contribution in [1.29, 1.82) is 0 Å². The number of aryl methyl sites for hydroxylation is 2. The normalized spacial score (nSPS) is 14.4. The predicted octanol–water partition coefficient (Wildman–Crippen LogP) is 4.54. The number of anilines is 3. The van der Waals surface area contributed by atoms with Gasteiger partial charge in [0.2, 0.25) is 5.95 Å². The van der Waals surface area contributed by atoms with Crippen molar-refractivity contribution in [1.82, 2.24) is 34.4 Å². The number of rotatable bonds is 7. The maximum atomic E-state index is 12.7. The zero-order valence-corrected chi connectivity index (χ0v) is 21.6. The van der Waals surface area contributed by atoms with Crippen LogP contribution in [-0.4, -0.2) is 73.5 Å². The van der Waals surface area contributed by atoms with Gasteiger partial charge in [-0.25, -0.2) is 33.7 Å². The highest BCUT2D eigenvalue weighted by Crippen LogP contribution is 2.31. The Morgan fingerprint density at radius 3 is 2.62 bits per heavy atom. The summed E-state index contributed by atoms with van der Waals surface area (Å²) in [6.07, 6.45) is 2.58. The number of imidazole rings is 1. The molecule has 0 amide bonds. The Hall–Kier alpha value is -4.45. The standard InChI is InChI=1S/C27H27F2N9O/c1-17-11-18(3-6-23(17)39-19-4-5-22-20(12-19)33-16-36(22)2)34-26-25-21(31-15-32-26)13-30-27(35-25)38-9-7-37(8-10-38)14-24(28)29/h3-6,11-13,15-16,24H,7-10,14H2,1-2H3,(H,31,32,34). The first-order valence-corrected chi connectivity index (χ1v) is 12.6. The molecule has 1 fully saturated rings. The van der Waals surface area contributed by atoms with Gasteiger partial charge in [0.05, 0.1) is 30.1 Å². The lowest BCUT2D eigenvalue weighted by atomic mass is 10.2. The second-order valence-electron chi connectivity index (χ2n) is 9.52. The van der Waals surface area contributed by atoms with Crippen molar-refractivity contribution in [2.45, 2.75) is 13.3 Å². The molecular weight excluding hydrogens is 504 g/mol. The van der Waals surface area contributed by atoms with Gasteiger partial charge in [-0.3, -0.25) is 4.90 Å². The number of ether oxygens (including phenoxy) is 1. The van der Waals surface area contributed by atoms with Gasteiger partial charge in [0, 0.05) is 45.0 Å². The summed E-state index contributed by atoms with van der Waals surface area (Å²) < 4.78 is 33.6. The zero-order valence-electron chi connectivity index (χ0n) is 21.6. The SMILES string of the molecule is Cc1cc(Nc2ncnc3cnc(N4CCN(CC(F)F)CC4)nc23)ccc1Oc1ccc2c(c1)ncn2C. The summed E-state index contributed by atoms with van der Waals surface area (Å²) in [7, 11) is 1.96. The Bertz CT molecular complexity index is 1630. The van der Waals surface area contributed by atoms with Gasteiger partial charge in [-0.05, 0) is 42.8 Å². The molecule has 6 rings (SSSR count). The third-order valence-corrected chi connectivity index (χ3v) is 6.78. The summed E-state index contributed by atoms with van der Waals surface area (Å²) in [6, 6.07) is 11.6. The Morgan fingerprint density at radius 1 is 0.974 bits per heavy atom. The number of benzene rings is 2. The number of hydrogen-bond acceptors (Lipinski definition) is 9. The molecule has 39 heavy (non-hydrogen) atoms. The van der Waals surface area contributed by atoms with Gasteiger partial charge >= 0.3 is 0 Å². The Balaban J connectivity index is 1.19. The summed E-state index contributed by atoms with van der Waals surface area (Å²) in [5.74, 6) is 2.53. The third kappa shape index (κ3) is 5.28. The number of aromatic nitrogens is 6. The molecule has 3 aromatic heterocycles. The van der Waals surface area contributed by atoms with Gasteiger partial charge in [-0.15, -0.1) is 0 Å². The number of nitrogens with one attached hydrogen (secondary N) is 1. The van der Waals surface area contributed by atoms with Gasteiger partial charge < -0.3 is 19.5 Å². The minimum atomic E-state index is -2.33. The molecule has 12 heteroatoms. The van der Waals surface area contributed by atoms with Crippen LogP contribution in [0.2, 0.25) is 0 Å². The fraction of sp³-hybridized carbons (Fsp3) is 0.296. The molecule has 1 saturated heterocycles. The number of hydrogen-bond donors (Lipinski definition) is 1. The van der Waals surface area contributed by atoms with E-state index in [1.807, 2.05) is 59.8 Å². The van der Waals surface area contributed by atoms with E-state index in [4.69, 9.17) is 9.72 Å². The summed E-state index contributed by atoms with van der Waals surface area (Å²) in [5, 5.41) is 3.34. The lowest BCUT2D eigenvalue weighted by molar-refractivity contribution is 0.0853. The first-order chi connectivity index (χ1) is 18.9. The summed E-state index contributed by atoms with van der Waals surface area (Å²) >= 11 is 0. The molecule has 10 nitrogen and oxygen atoms in total. The van der Waals surface area contributed by atoms with Crippen molar-refractivity contribution in [3.8, 4) is 11.5 Å². The monoisotopic (exact) mass is 531 g/mol. The lowest BCUT2D eigenvalue weighted by Crippen LogP contribution is -2.48. The van der Waals surface area contributed by atoms with Crippen LogP contribution in [0, 0.1) is 6.92 Å². The number of alkyl halides is 2. The molecule has 1 aliphatic heterocycles. The van der Waals surface area contributed by atoms with Crippen molar-refractivity contribution >= 4 is 39.5 Å². The highest BCUT2D eigenvalue weighted by Gasteiger charge is 2.22. The van der Waals surface area contributed by atoms with E-state index in [1.54, 1.807) is 17.4 Å². The van der Waals surface area contributed by atoms with Crippen LogP contribution in [0.3, 0.4) is 0 Å². The average Bonchev–Trinajstić information content (AvgIpc) is 3.30. The molecule has 5 aromatic rings. The molecule has 200 valence electrons. The Kier molecular flexibility index (Phi) is 6.61. The van der Waals surface area contributed by atoms with E-state index in [0.717, 1.165) is 28.0 Å². The van der Waals surface area contributed by atoms with E-state index in [-0.39, 0.29) is 6.54 Å². The Morgan fingerprint density at radius 2 is 1.82 bits per heavy atom. The van der Waals surface area contributed by atoms with Crippen LogP contribution in [0.15, 0.2) is 55.2 Å². The lowest BCUT2D eigenvalue weighted by Gasteiger charge is -2.34. The molecule has 0 unspecified atom stereocenters. The molecule has 0 spiro atoms. The minimum absolute atomic E-state index is 0.211. The van der Waals surface area contributed by atoms with Crippen molar-refractivity contribution in [2.75, 3.05) is 42.9 Å². The Labute approximate surface area is 223 Å². The van der Waals surface area contributed by atoms with Crippen molar-refractivity contribution in [2.24, 2.45) is 7.05 Å². The summed E-state index contributed by atoms with van der Waals surface area (Å²) in [4.78, 5) is 26.1. The van der Waals surface area contributed by atoms with E-state index in [0.29, 0.717) is 54.7 Å². The van der Waals surface area contributed by atoms with E-state index in [9.17, 15) is 8.78 Å². The average molecular weight is 532 g/mol. The van der Waals surface area contributed by atoms with Crippen LogP contribution in [0.25, 0.3) is 22.1 Å². The van der Waals surface area contributed by atoms with Gasteiger partial charge in [0.25, 0.3) is 6.43 Å². The number of piperazine rings is 1. The van der Waals surface area contributed by atoms with Crippen LogP contribution >= 0.6 is 0 Å². The number of halogens is 2. The first-order valence-electron chi connectivity index (χ1n) is 12.6. The van der Waals surface area contributed by atoms with Gasteiger partial charge in [-0.2, -0.15) is 0 Å². The number of fused-ring (bicyclic) bond motifs is 2. The van der Waals surface area contributed by atoms with Crippen molar-refractivity contribution in [3.05, 3.63) is 60.8 Å². The van der Waals surface area contributed by atoms with E-state index in [1.165, 1.54) is 6.33 Å². The van der Waals surface area contributed by atoms with Crippen molar-refractivity contribution < 1.29 is 13.5 Å². The van der Waals surface area contributed by atoms with E-state index in [2.05, 4.69) is 25.3 Å². The van der Waals surface area contributed by atoms with Gasteiger partial charge in [0.15, 0.2) is 5.82 Å². The predicted molar refractivity (Wildman–Crippen MR) is 145 cm³/mol. The van der Waals surface area contributed by atoms with Crippen LogP contribution in [0.1, 0.15) is 5.56 Å². The molecule has 4 heterocycles. The minimum Gasteiger partial charge on any atom is -0.457 e. The summed E-state index contributed by atoms with van der Waals surface area (Å²) in [5.41, 5.74) is 4.86. The quantitative estimate of drug-likeness (QED) is 0.325. The molecule has 1 N–H and O–H groups in total. The fourth-order valence-electron chi connectivity index (χ4n) is 4.70. The van der Waals surface area contributed by atoms with E-state index < -0.39 is 6.43 Å². The molecule has 1 aliphatic rings. The van der Waals surface area contributed by atoms with Crippen LogP contribution in [0.5, 0.6) is 11.5 Å². The number of nitrogens with zero attached hydrogens (tertiary/aromatic N) is 8.